The Hall–Kier alpha value is -4.15. The lowest BCUT2D eigenvalue weighted by atomic mass is 10.2. The van der Waals surface area contributed by atoms with E-state index in [1.807, 2.05) is 48.5 Å². The van der Waals surface area contributed by atoms with Crippen molar-refractivity contribution < 1.29 is 0 Å². The van der Waals surface area contributed by atoms with Gasteiger partial charge in [-0.1, -0.05) is 24.1 Å². The summed E-state index contributed by atoms with van der Waals surface area (Å²) < 4.78 is 0. The monoisotopic (exact) mass is 437 g/mol. The van der Waals surface area contributed by atoms with Crippen LogP contribution in [0.1, 0.15) is 5.56 Å². The maximum Gasteiger partial charge on any atom is 0.229 e. The number of rotatable bonds is 8. The highest BCUT2D eigenvalue weighted by molar-refractivity contribution is 5.84. The molecule has 0 spiro atoms. The zero-order chi connectivity index (χ0) is 23.2. The van der Waals surface area contributed by atoms with Gasteiger partial charge in [-0.25, -0.2) is 9.97 Å². The molecule has 0 aliphatic heterocycles. The first-order valence-electron chi connectivity index (χ1n) is 10.7. The Bertz CT molecular complexity index is 1260. The summed E-state index contributed by atoms with van der Waals surface area (Å²) in [5.74, 6) is 3.81. The minimum Gasteiger partial charge on any atom is -0.373 e. The predicted octanol–water partition coefficient (Wildman–Crippen LogP) is 4.49. The van der Waals surface area contributed by atoms with Crippen LogP contribution in [0.15, 0.2) is 66.9 Å². The minimum atomic E-state index is 0.462. The van der Waals surface area contributed by atoms with Crippen LogP contribution in [-0.4, -0.2) is 54.1 Å². The number of anilines is 5. The fraction of sp³-hybridized carbons (Fsp3) is 0.192. The molecule has 7 heteroatoms. The van der Waals surface area contributed by atoms with Crippen molar-refractivity contribution in [2.45, 2.75) is 0 Å². The van der Waals surface area contributed by atoms with Gasteiger partial charge in [-0.05, 0) is 56.6 Å². The van der Waals surface area contributed by atoms with Crippen LogP contribution in [0.5, 0.6) is 0 Å². The molecule has 4 aromatic rings. The van der Waals surface area contributed by atoms with Crippen LogP contribution >= 0.6 is 0 Å². The zero-order valence-corrected chi connectivity index (χ0v) is 19.1. The molecule has 0 bridgehead atoms. The number of aromatic nitrogens is 3. The van der Waals surface area contributed by atoms with Crippen molar-refractivity contribution in [3.8, 4) is 12.3 Å². The number of terminal acetylenes is 1. The highest BCUT2D eigenvalue weighted by Gasteiger charge is 2.09. The van der Waals surface area contributed by atoms with Crippen LogP contribution in [-0.2, 0) is 0 Å². The third-order valence-electron chi connectivity index (χ3n) is 5.21. The molecule has 2 aromatic carbocycles. The van der Waals surface area contributed by atoms with Crippen molar-refractivity contribution in [3.63, 3.8) is 0 Å². The molecular formula is C26H27N7. The van der Waals surface area contributed by atoms with Crippen LogP contribution in [0.2, 0.25) is 0 Å². The topological polar surface area (TPSA) is 69.2 Å². The number of nitrogens with one attached hydrogen (secondary N) is 2. The van der Waals surface area contributed by atoms with Gasteiger partial charge in [0.25, 0.3) is 0 Å². The average Bonchev–Trinajstić information content (AvgIpc) is 2.83. The molecule has 2 aromatic heterocycles. The molecule has 2 N–H and O–H groups in total. The van der Waals surface area contributed by atoms with Gasteiger partial charge >= 0.3 is 0 Å². The minimum absolute atomic E-state index is 0.462. The summed E-state index contributed by atoms with van der Waals surface area (Å²) in [5, 5.41) is 7.27. The first-order chi connectivity index (χ1) is 16.0. The Balaban J connectivity index is 1.54. The summed E-state index contributed by atoms with van der Waals surface area (Å²) in [6.45, 7) is 1.95. The summed E-state index contributed by atoms with van der Waals surface area (Å²) in [7, 11) is 6.24. The van der Waals surface area contributed by atoms with Crippen molar-refractivity contribution in [1.82, 2.24) is 19.9 Å². The predicted molar refractivity (Wildman–Crippen MR) is 137 cm³/mol. The fourth-order valence-electron chi connectivity index (χ4n) is 3.33. The van der Waals surface area contributed by atoms with Gasteiger partial charge in [0.15, 0.2) is 5.65 Å². The number of likely N-dealkylation sites (N-methyl/N-ethyl adjacent to an activating group) is 2. The van der Waals surface area contributed by atoms with Gasteiger partial charge in [0.2, 0.25) is 5.95 Å². The molecule has 0 aliphatic rings. The van der Waals surface area contributed by atoms with Gasteiger partial charge in [-0.15, -0.1) is 6.42 Å². The molecule has 0 saturated carbocycles. The molecule has 0 fully saturated rings. The van der Waals surface area contributed by atoms with Crippen LogP contribution in [0.3, 0.4) is 0 Å². The van der Waals surface area contributed by atoms with E-state index in [1.165, 1.54) is 0 Å². The van der Waals surface area contributed by atoms with E-state index in [4.69, 9.17) is 6.42 Å². The molecule has 166 valence electrons. The van der Waals surface area contributed by atoms with Crippen LogP contribution in [0.25, 0.3) is 11.0 Å². The Morgan fingerprint density at radius 3 is 2.30 bits per heavy atom. The third-order valence-corrected chi connectivity index (χ3v) is 5.21. The second-order valence-electron chi connectivity index (χ2n) is 8.02. The molecule has 4 rings (SSSR count). The molecule has 0 unspecified atom stereocenters. The van der Waals surface area contributed by atoms with E-state index < -0.39 is 0 Å². The number of hydrogen-bond donors (Lipinski definition) is 2. The van der Waals surface area contributed by atoms with Gasteiger partial charge in [0.05, 0.1) is 5.39 Å². The van der Waals surface area contributed by atoms with Crippen molar-refractivity contribution in [3.05, 3.63) is 72.4 Å². The number of fused-ring (bicyclic) bond motifs is 1. The SMILES string of the molecule is C#Cc1cc(Nc2ccccc2)nc2nc(Nc3ccc(N(C)CCN(C)C)cc3)ncc12. The molecule has 0 aliphatic carbocycles. The molecule has 0 atom stereocenters. The first-order valence-corrected chi connectivity index (χ1v) is 10.7. The summed E-state index contributed by atoms with van der Waals surface area (Å²) in [6.07, 6.45) is 7.44. The number of pyridine rings is 1. The van der Waals surface area contributed by atoms with E-state index >= 15 is 0 Å². The van der Waals surface area contributed by atoms with E-state index in [0.29, 0.717) is 23.0 Å². The van der Waals surface area contributed by atoms with Gasteiger partial charge in [0.1, 0.15) is 5.82 Å². The number of nitrogens with zero attached hydrogens (tertiary/aromatic N) is 5. The third kappa shape index (κ3) is 5.56. The summed E-state index contributed by atoms with van der Waals surface area (Å²) >= 11 is 0. The summed E-state index contributed by atoms with van der Waals surface area (Å²) in [5.41, 5.74) is 4.19. The molecule has 33 heavy (non-hydrogen) atoms. The smallest absolute Gasteiger partial charge is 0.229 e. The Morgan fingerprint density at radius 2 is 1.61 bits per heavy atom. The Morgan fingerprint density at radius 1 is 0.879 bits per heavy atom. The van der Waals surface area contributed by atoms with Gasteiger partial charge in [0, 0.05) is 49.0 Å². The van der Waals surface area contributed by atoms with Crippen LogP contribution < -0.4 is 15.5 Å². The zero-order valence-electron chi connectivity index (χ0n) is 19.1. The summed E-state index contributed by atoms with van der Waals surface area (Å²) in [4.78, 5) is 18.1. The van der Waals surface area contributed by atoms with Crippen molar-refractivity contribution >= 4 is 39.9 Å². The standard InChI is InChI=1S/C26H27N7/c1-5-19-17-24(28-20-9-7-6-8-10-20)30-25-23(19)18-27-26(31-25)29-21-11-13-22(14-12-21)33(4)16-15-32(2)3/h1,6-14,17-18H,15-16H2,2-4H3,(H2,27,28,29,30,31). The van der Waals surface area contributed by atoms with Crippen molar-refractivity contribution in [2.75, 3.05) is 49.8 Å². The summed E-state index contributed by atoms with van der Waals surface area (Å²) in [6, 6.07) is 19.8. The molecule has 2 heterocycles. The molecular weight excluding hydrogens is 410 g/mol. The normalized spacial score (nSPS) is 10.8. The second-order valence-corrected chi connectivity index (χ2v) is 8.02. The highest BCUT2D eigenvalue weighted by Crippen LogP contribution is 2.24. The van der Waals surface area contributed by atoms with Gasteiger partial charge < -0.3 is 20.4 Å². The van der Waals surface area contributed by atoms with Crippen LogP contribution in [0.4, 0.5) is 28.8 Å². The molecule has 0 radical (unpaired) electrons. The maximum atomic E-state index is 5.73. The number of hydrogen-bond acceptors (Lipinski definition) is 7. The average molecular weight is 438 g/mol. The van der Waals surface area contributed by atoms with E-state index in [-0.39, 0.29) is 0 Å². The van der Waals surface area contributed by atoms with Crippen LogP contribution in [0, 0.1) is 12.3 Å². The fourth-order valence-corrected chi connectivity index (χ4v) is 3.33. The van der Waals surface area contributed by atoms with E-state index in [9.17, 15) is 0 Å². The molecule has 0 amide bonds. The van der Waals surface area contributed by atoms with E-state index in [2.05, 4.69) is 74.6 Å². The lowest BCUT2D eigenvalue weighted by Crippen LogP contribution is -2.28. The Kier molecular flexibility index (Phi) is 6.67. The van der Waals surface area contributed by atoms with Gasteiger partial charge in [-0.3, -0.25) is 0 Å². The molecule has 7 nitrogen and oxygen atoms in total. The van der Waals surface area contributed by atoms with E-state index in [0.717, 1.165) is 35.5 Å². The second kappa shape index (κ2) is 9.98. The highest BCUT2D eigenvalue weighted by atomic mass is 15.2. The number of para-hydroxylation sites is 1. The Labute approximate surface area is 194 Å². The molecule has 0 saturated heterocycles. The van der Waals surface area contributed by atoms with Gasteiger partial charge in [-0.2, -0.15) is 4.98 Å². The first kappa shape index (κ1) is 22.1. The quantitative estimate of drug-likeness (QED) is 0.394. The van der Waals surface area contributed by atoms with E-state index in [1.54, 1.807) is 6.20 Å². The largest absolute Gasteiger partial charge is 0.373 e. The van der Waals surface area contributed by atoms with Crippen molar-refractivity contribution in [1.29, 1.82) is 0 Å². The number of benzene rings is 2. The lowest BCUT2D eigenvalue weighted by Gasteiger charge is -2.21. The van der Waals surface area contributed by atoms with Crippen molar-refractivity contribution in [2.24, 2.45) is 0 Å². The lowest BCUT2D eigenvalue weighted by molar-refractivity contribution is 0.416. The maximum absolute atomic E-state index is 5.73.